The molecule has 2 heterocycles. The minimum absolute atomic E-state index is 0.115. The number of aromatic nitrogens is 3. The van der Waals surface area contributed by atoms with Crippen LogP contribution in [0.3, 0.4) is 0 Å². The second-order valence-electron chi connectivity index (χ2n) is 2.19. The number of hydrogen-bond acceptors (Lipinski definition) is 5. The Hall–Kier alpha value is -0.360. The first-order chi connectivity index (χ1) is 6.74. The maximum absolute atomic E-state index is 5.63. The Bertz CT molecular complexity index is 412. The highest BCUT2D eigenvalue weighted by atomic mass is 35.5. The average molecular weight is 264 g/mol. The molecule has 72 valence electrons. The molecule has 0 saturated carbocycles. The van der Waals surface area contributed by atoms with Gasteiger partial charge in [0.2, 0.25) is 10.6 Å². The molecule has 0 aliphatic rings. The summed E-state index contributed by atoms with van der Waals surface area (Å²) in [5.41, 5.74) is 0. The van der Waals surface area contributed by atoms with Gasteiger partial charge in [0.1, 0.15) is 0 Å². The van der Waals surface area contributed by atoms with Gasteiger partial charge in [-0.1, -0.05) is 6.07 Å². The van der Waals surface area contributed by atoms with Gasteiger partial charge in [0, 0.05) is 0 Å². The van der Waals surface area contributed by atoms with Gasteiger partial charge in [0.25, 0.3) is 0 Å². The van der Waals surface area contributed by atoms with Gasteiger partial charge in [-0.25, -0.2) is 0 Å². The zero-order valence-corrected chi connectivity index (χ0v) is 9.79. The standard InChI is InChI=1S/C7H3Cl2N3S2/c8-5-10-6(9)12-7(11-5)14-4-2-1-3-13-4/h1-3H. The van der Waals surface area contributed by atoms with Gasteiger partial charge in [-0.15, -0.1) is 11.3 Å². The van der Waals surface area contributed by atoms with Crippen molar-refractivity contribution in [2.75, 3.05) is 0 Å². The second-order valence-corrected chi connectivity index (χ2v) is 5.08. The van der Waals surface area contributed by atoms with Crippen LogP contribution in [0.15, 0.2) is 26.9 Å². The van der Waals surface area contributed by atoms with Crippen LogP contribution in [0.5, 0.6) is 0 Å². The fourth-order valence-electron chi connectivity index (χ4n) is 0.766. The van der Waals surface area contributed by atoms with E-state index in [0.717, 1.165) is 4.21 Å². The molecule has 0 aliphatic heterocycles. The van der Waals surface area contributed by atoms with Crippen molar-refractivity contribution >= 4 is 46.3 Å². The molecule has 0 aliphatic carbocycles. The van der Waals surface area contributed by atoms with E-state index < -0.39 is 0 Å². The number of nitrogens with zero attached hydrogens (tertiary/aromatic N) is 3. The molecule has 14 heavy (non-hydrogen) atoms. The lowest BCUT2D eigenvalue weighted by Crippen LogP contribution is -1.90. The quantitative estimate of drug-likeness (QED) is 0.833. The van der Waals surface area contributed by atoms with E-state index in [1.165, 1.54) is 11.8 Å². The van der Waals surface area contributed by atoms with E-state index >= 15 is 0 Å². The second kappa shape index (κ2) is 4.44. The van der Waals surface area contributed by atoms with Crippen molar-refractivity contribution in [3.8, 4) is 0 Å². The number of thiophene rings is 1. The molecule has 0 fully saturated rings. The normalized spacial score (nSPS) is 10.4. The van der Waals surface area contributed by atoms with Gasteiger partial charge >= 0.3 is 0 Å². The van der Waals surface area contributed by atoms with E-state index in [0.29, 0.717) is 5.16 Å². The van der Waals surface area contributed by atoms with Gasteiger partial charge in [0.05, 0.1) is 4.21 Å². The van der Waals surface area contributed by atoms with E-state index in [4.69, 9.17) is 23.2 Å². The van der Waals surface area contributed by atoms with E-state index in [1.807, 2.05) is 17.5 Å². The summed E-state index contributed by atoms with van der Waals surface area (Å²) in [7, 11) is 0. The van der Waals surface area contributed by atoms with Crippen LogP contribution in [0.4, 0.5) is 0 Å². The van der Waals surface area contributed by atoms with Crippen molar-refractivity contribution < 1.29 is 0 Å². The van der Waals surface area contributed by atoms with Crippen molar-refractivity contribution in [2.45, 2.75) is 9.37 Å². The summed E-state index contributed by atoms with van der Waals surface area (Å²) in [5, 5.41) is 2.72. The predicted molar refractivity (Wildman–Crippen MR) is 58.3 cm³/mol. The molecule has 0 amide bonds. The molecule has 0 radical (unpaired) electrons. The Kier molecular flexibility index (Phi) is 3.22. The molecular weight excluding hydrogens is 261 g/mol. The van der Waals surface area contributed by atoms with Gasteiger partial charge in [-0.3, -0.25) is 0 Å². The summed E-state index contributed by atoms with van der Waals surface area (Å²) in [4.78, 5) is 11.5. The Morgan fingerprint density at radius 1 is 1.14 bits per heavy atom. The van der Waals surface area contributed by atoms with Crippen molar-refractivity contribution in [3.05, 3.63) is 28.1 Å². The molecule has 0 bridgehead atoms. The minimum Gasteiger partial charge on any atom is -0.191 e. The maximum atomic E-state index is 5.63. The molecule has 2 aromatic heterocycles. The summed E-state index contributed by atoms with van der Waals surface area (Å²) in [6.45, 7) is 0. The van der Waals surface area contributed by atoms with E-state index in [-0.39, 0.29) is 10.6 Å². The number of rotatable bonds is 2. The van der Waals surface area contributed by atoms with Gasteiger partial charge in [0.15, 0.2) is 5.16 Å². The molecule has 2 rings (SSSR count). The third kappa shape index (κ3) is 2.57. The van der Waals surface area contributed by atoms with Crippen molar-refractivity contribution in [3.63, 3.8) is 0 Å². The van der Waals surface area contributed by atoms with Crippen LogP contribution in [0.2, 0.25) is 10.6 Å². The van der Waals surface area contributed by atoms with Crippen LogP contribution in [0, 0.1) is 0 Å². The first kappa shape index (κ1) is 10.2. The molecule has 0 unspecified atom stereocenters. The first-order valence-corrected chi connectivity index (χ1v) is 5.98. The SMILES string of the molecule is Clc1nc(Cl)nc(Sc2cccs2)n1. The zero-order valence-electron chi connectivity index (χ0n) is 6.65. The highest BCUT2D eigenvalue weighted by molar-refractivity contribution is 8.01. The Morgan fingerprint density at radius 3 is 2.43 bits per heavy atom. The third-order valence-corrected chi connectivity index (χ3v) is 3.49. The third-order valence-electron chi connectivity index (χ3n) is 1.25. The molecule has 3 nitrogen and oxygen atoms in total. The predicted octanol–water partition coefficient (Wildman–Crippen LogP) is 3.39. The van der Waals surface area contributed by atoms with Crippen LogP contribution in [0.25, 0.3) is 0 Å². The van der Waals surface area contributed by atoms with Crippen LogP contribution in [0.1, 0.15) is 0 Å². The summed E-state index contributed by atoms with van der Waals surface area (Å²) in [6.07, 6.45) is 0. The smallest absolute Gasteiger partial charge is 0.191 e. The van der Waals surface area contributed by atoms with Crippen molar-refractivity contribution in [2.24, 2.45) is 0 Å². The first-order valence-electron chi connectivity index (χ1n) is 3.52. The lowest BCUT2D eigenvalue weighted by atomic mass is 10.7. The molecule has 0 spiro atoms. The largest absolute Gasteiger partial charge is 0.227 e. The van der Waals surface area contributed by atoms with Crippen LogP contribution in [-0.2, 0) is 0 Å². The van der Waals surface area contributed by atoms with Crippen LogP contribution < -0.4 is 0 Å². The highest BCUT2D eigenvalue weighted by Crippen LogP contribution is 2.29. The van der Waals surface area contributed by atoms with Crippen molar-refractivity contribution in [1.82, 2.24) is 15.0 Å². The zero-order chi connectivity index (χ0) is 9.97. The topological polar surface area (TPSA) is 38.7 Å². The molecule has 2 aromatic rings. The Balaban J connectivity index is 2.25. The maximum Gasteiger partial charge on any atom is 0.227 e. The minimum atomic E-state index is 0.115. The van der Waals surface area contributed by atoms with E-state index in [9.17, 15) is 0 Å². The molecule has 0 saturated heterocycles. The van der Waals surface area contributed by atoms with Gasteiger partial charge in [-0.2, -0.15) is 15.0 Å². The summed E-state index contributed by atoms with van der Waals surface area (Å²) in [5.74, 6) is 0. The molecule has 0 aromatic carbocycles. The lowest BCUT2D eigenvalue weighted by Gasteiger charge is -1.97. The number of halogens is 2. The summed E-state index contributed by atoms with van der Waals surface area (Å²) in [6, 6.07) is 3.93. The van der Waals surface area contributed by atoms with Gasteiger partial charge in [-0.05, 0) is 46.4 Å². The fourth-order valence-corrected chi connectivity index (χ4v) is 2.85. The summed E-state index contributed by atoms with van der Waals surface area (Å²) < 4.78 is 1.09. The van der Waals surface area contributed by atoms with Gasteiger partial charge < -0.3 is 0 Å². The highest BCUT2D eigenvalue weighted by Gasteiger charge is 2.05. The summed E-state index contributed by atoms with van der Waals surface area (Å²) >= 11 is 14.3. The molecule has 0 atom stereocenters. The molecule has 0 N–H and O–H groups in total. The number of hydrogen-bond donors (Lipinski definition) is 0. The van der Waals surface area contributed by atoms with Crippen LogP contribution >= 0.6 is 46.3 Å². The monoisotopic (exact) mass is 263 g/mol. The molecule has 7 heteroatoms. The fraction of sp³-hybridized carbons (Fsp3) is 0. The molecular formula is C7H3Cl2N3S2. The lowest BCUT2D eigenvalue weighted by molar-refractivity contribution is 0.905. The van der Waals surface area contributed by atoms with Crippen molar-refractivity contribution in [1.29, 1.82) is 0 Å². The van der Waals surface area contributed by atoms with E-state index in [2.05, 4.69) is 15.0 Å². The average Bonchev–Trinajstić information content (AvgIpc) is 2.54. The van der Waals surface area contributed by atoms with Crippen LogP contribution in [-0.4, -0.2) is 15.0 Å². The van der Waals surface area contributed by atoms with E-state index in [1.54, 1.807) is 11.3 Å². The Labute approximate surface area is 98.5 Å². The Morgan fingerprint density at radius 2 is 1.86 bits per heavy atom.